The highest BCUT2D eigenvalue weighted by Crippen LogP contribution is 2.19. The van der Waals surface area contributed by atoms with Gasteiger partial charge < -0.3 is 20.9 Å². The van der Waals surface area contributed by atoms with Crippen molar-refractivity contribution in [1.82, 2.24) is 5.32 Å². The monoisotopic (exact) mass is 865 g/mol. The Hall–Kier alpha value is -3.19. The fraction of sp³-hybridized carbons (Fsp3) is 0.727. The van der Waals surface area contributed by atoms with Gasteiger partial charge in [0, 0.05) is 12.8 Å². The lowest BCUT2D eigenvalue weighted by atomic mass is 10.0. The van der Waals surface area contributed by atoms with E-state index in [0.29, 0.717) is 32.2 Å². The minimum atomic E-state index is -1.01. The maximum Gasteiger partial charge on any atom is 0.326 e. The summed E-state index contributed by atoms with van der Waals surface area (Å²) in [7, 11) is 0. The van der Waals surface area contributed by atoms with E-state index in [1.165, 1.54) is 77.0 Å². The van der Waals surface area contributed by atoms with E-state index in [1.54, 1.807) is 0 Å². The predicted molar refractivity (Wildman–Crippen MR) is 266 cm³/mol. The minimum absolute atomic E-state index is 0.0178. The summed E-state index contributed by atoms with van der Waals surface area (Å²) in [5.74, 6) is -1.26. The number of amides is 1. The first-order valence-corrected chi connectivity index (χ1v) is 25.8. The van der Waals surface area contributed by atoms with Crippen LogP contribution in [-0.4, -0.2) is 41.6 Å². The molecule has 0 spiro atoms. The number of carboxylic acid groups (broad SMARTS) is 1. The molecule has 0 fully saturated rings. The van der Waals surface area contributed by atoms with E-state index in [-0.39, 0.29) is 18.0 Å². The molecule has 356 valence electrons. The van der Waals surface area contributed by atoms with E-state index >= 15 is 0 Å². The molecule has 2 atom stereocenters. The molecule has 0 rings (SSSR count). The highest BCUT2D eigenvalue weighted by Gasteiger charge is 2.19. The van der Waals surface area contributed by atoms with Gasteiger partial charge in [-0.1, -0.05) is 177 Å². The molecule has 0 bridgehead atoms. The molecule has 0 aliphatic rings. The van der Waals surface area contributed by atoms with Crippen LogP contribution in [0.5, 0.6) is 0 Å². The molecule has 0 aromatic heterocycles. The van der Waals surface area contributed by atoms with Crippen LogP contribution >= 0.6 is 0 Å². The highest BCUT2D eigenvalue weighted by atomic mass is 16.5. The second-order valence-electron chi connectivity index (χ2n) is 17.2. The SMILES string of the molecule is CC/C=C\C/C=C\C/C=C\C/C=C\C/C=C\CCCCCCCC(=O)OC(CCCCC/C=C\CCCCCCCCCC)CCCCCCCC(=O)NC(CCCN)C(=O)O. The van der Waals surface area contributed by atoms with Crippen LogP contribution in [0, 0.1) is 0 Å². The van der Waals surface area contributed by atoms with Crippen molar-refractivity contribution in [2.24, 2.45) is 5.73 Å². The molecule has 2 unspecified atom stereocenters. The van der Waals surface area contributed by atoms with Crippen molar-refractivity contribution in [3.8, 4) is 0 Å². The number of hydrogen-bond donors (Lipinski definition) is 3. The van der Waals surface area contributed by atoms with Crippen LogP contribution in [0.2, 0.25) is 0 Å². The van der Waals surface area contributed by atoms with Crippen LogP contribution in [-0.2, 0) is 19.1 Å². The van der Waals surface area contributed by atoms with E-state index in [2.05, 4.69) is 92.1 Å². The van der Waals surface area contributed by atoms with Crippen molar-refractivity contribution in [3.05, 3.63) is 72.9 Å². The molecule has 7 heteroatoms. The Morgan fingerprint density at radius 3 is 1.37 bits per heavy atom. The van der Waals surface area contributed by atoms with Crippen molar-refractivity contribution in [3.63, 3.8) is 0 Å². The van der Waals surface area contributed by atoms with Gasteiger partial charge in [-0.2, -0.15) is 0 Å². The summed E-state index contributed by atoms with van der Waals surface area (Å²) >= 11 is 0. The number of carbonyl (C=O) groups is 3. The van der Waals surface area contributed by atoms with Gasteiger partial charge in [0.1, 0.15) is 12.1 Å². The number of carboxylic acids is 1. The Morgan fingerprint density at radius 1 is 0.484 bits per heavy atom. The normalized spacial score (nSPS) is 13.2. The van der Waals surface area contributed by atoms with Gasteiger partial charge in [0.15, 0.2) is 0 Å². The number of carbonyl (C=O) groups excluding carboxylic acids is 2. The number of hydrogen-bond acceptors (Lipinski definition) is 5. The summed E-state index contributed by atoms with van der Waals surface area (Å²) in [4.78, 5) is 36.6. The van der Waals surface area contributed by atoms with Gasteiger partial charge in [0.2, 0.25) is 5.91 Å². The first kappa shape index (κ1) is 58.8. The zero-order valence-electron chi connectivity index (χ0n) is 40.2. The molecule has 62 heavy (non-hydrogen) atoms. The quantitative estimate of drug-likeness (QED) is 0.0319. The second-order valence-corrected chi connectivity index (χ2v) is 17.2. The summed E-state index contributed by atoms with van der Waals surface area (Å²) in [5.41, 5.74) is 5.50. The molecule has 0 saturated heterocycles. The Bertz CT molecular complexity index is 1200. The van der Waals surface area contributed by atoms with Crippen LogP contribution in [0.25, 0.3) is 0 Å². The Balaban J connectivity index is 4.37. The number of allylic oxidation sites excluding steroid dienone is 12. The average Bonchev–Trinajstić information content (AvgIpc) is 3.26. The fourth-order valence-electron chi connectivity index (χ4n) is 7.41. The zero-order valence-corrected chi connectivity index (χ0v) is 40.2. The number of unbranched alkanes of at least 4 members (excludes halogenated alkanes) is 20. The van der Waals surface area contributed by atoms with Crippen LogP contribution in [0.1, 0.15) is 239 Å². The molecule has 0 aliphatic heterocycles. The summed E-state index contributed by atoms with van der Waals surface area (Å²) in [5, 5.41) is 12.0. The minimum Gasteiger partial charge on any atom is -0.480 e. The Labute approximate surface area is 382 Å². The average molecular weight is 865 g/mol. The predicted octanol–water partition coefficient (Wildman–Crippen LogP) is 15.5. The molecular weight excluding hydrogens is 769 g/mol. The lowest BCUT2D eigenvalue weighted by Crippen LogP contribution is -2.40. The van der Waals surface area contributed by atoms with Gasteiger partial charge in [-0.15, -0.1) is 0 Å². The lowest BCUT2D eigenvalue weighted by molar-refractivity contribution is -0.150. The number of esters is 1. The molecule has 0 aromatic rings. The van der Waals surface area contributed by atoms with Crippen molar-refractivity contribution >= 4 is 17.8 Å². The Kier molecular flexibility index (Phi) is 46.3. The standard InChI is InChI=1S/C55H96N2O5/c1-3-5-7-9-11-13-15-17-19-20-21-22-23-24-26-28-30-32-34-39-43-49-54(59)62-51(45-40-36-33-31-29-27-25-18-16-14-12-10-8-6-4-2)46-41-37-35-38-42-48-53(58)57-52(55(60)61)47-44-50-56/h5,7,11,13,17,19,21-22,24,26-27,29,51-52H,3-4,6,8-10,12,14-16,18,20,23,25,28,30-50,56H2,1-2H3,(H,57,58)(H,60,61)/b7-5-,13-11-,19-17-,22-21-,26-24-,29-27-. The summed E-state index contributed by atoms with van der Waals surface area (Å²) in [6.45, 7) is 4.84. The van der Waals surface area contributed by atoms with Crippen LogP contribution in [0.4, 0.5) is 0 Å². The summed E-state index contributed by atoms with van der Waals surface area (Å²) in [6.07, 6.45) is 63.8. The highest BCUT2D eigenvalue weighted by molar-refractivity contribution is 5.83. The zero-order chi connectivity index (χ0) is 45.2. The number of aliphatic carboxylic acids is 1. The van der Waals surface area contributed by atoms with Gasteiger partial charge in [-0.3, -0.25) is 9.59 Å². The number of ether oxygens (including phenoxy) is 1. The van der Waals surface area contributed by atoms with Crippen LogP contribution in [0.3, 0.4) is 0 Å². The first-order valence-electron chi connectivity index (χ1n) is 25.8. The number of nitrogens with two attached hydrogens (primary N) is 1. The van der Waals surface area contributed by atoms with E-state index in [0.717, 1.165) is 122 Å². The van der Waals surface area contributed by atoms with Gasteiger partial charge >= 0.3 is 11.9 Å². The van der Waals surface area contributed by atoms with Crippen molar-refractivity contribution in [2.75, 3.05) is 6.54 Å². The molecule has 0 aliphatic carbocycles. The van der Waals surface area contributed by atoms with Crippen LogP contribution < -0.4 is 11.1 Å². The third kappa shape index (κ3) is 44.9. The maximum absolute atomic E-state index is 12.9. The molecule has 0 saturated carbocycles. The summed E-state index contributed by atoms with van der Waals surface area (Å²) < 4.78 is 6.07. The summed E-state index contributed by atoms with van der Waals surface area (Å²) in [6, 6.07) is -0.863. The van der Waals surface area contributed by atoms with E-state index in [4.69, 9.17) is 10.5 Å². The van der Waals surface area contributed by atoms with E-state index in [1.807, 2.05) is 0 Å². The van der Waals surface area contributed by atoms with Crippen molar-refractivity contribution in [2.45, 2.75) is 251 Å². The molecule has 1 amide bonds. The van der Waals surface area contributed by atoms with Gasteiger partial charge in [-0.05, 0) is 129 Å². The van der Waals surface area contributed by atoms with E-state index < -0.39 is 12.0 Å². The lowest BCUT2D eigenvalue weighted by Gasteiger charge is -2.18. The van der Waals surface area contributed by atoms with Gasteiger partial charge in [-0.25, -0.2) is 4.79 Å². The third-order valence-electron chi connectivity index (χ3n) is 11.3. The first-order chi connectivity index (χ1) is 30.4. The van der Waals surface area contributed by atoms with Crippen LogP contribution in [0.15, 0.2) is 72.9 Å². The fourth-order valence-corrected chi connectivity index (χ4v) is 7.41. The molecule has 0 heterocycles. The van der Waals surface area contributed by atoms with Crippen molar-refractivity contribution < 1.29 is 24.2 Å². The largest absolute Gasteiger partial charge is 0.480 e. The molecule has 4 N–H and O–H groups in total. The van der Waals surface area contributed by atoms with Crippen molar-refractivity contribution in [1.29, 1.82) is 0 Å². The van der Waals surface area contributed by atoms with E-state index in [9.17, 15) is 19.5 Å². The molecule has 0 radical (unpaired) electrons. The number of rotatable bonds is 46. The topological polar surface area (TPSA) is 119 Å². The van der Waals surface area contributed by atoms with Gasteiger partial charge in [0.05, 0.1) is 0 Å². The second kappa shape index (κ2) is 48.8. The molecular formula is C55H96N2O5. The number of nitrogens with one attached hydrogen (secondary N) is 1. The maximum atomic E-state index is 12.9. The molecule has 0 aromatic carbocycles. The smallest absolute Gasteiger partial charge is 0.326 e. The third-order valence-corrected chi connectivity index (χ3v) is 11.3. The molecule has 7 nitrogen and oxygen atoms in total. The Morgan fingerprint density at radius 2 is 0.887 bits per heavy atom. The van der Waals surface area contributed by atoms with Gasteiger partial charge in [0.25, 0.3) is 0 Å².